The fourth-order valence-electron chi connectivity index (χ4n) is 1.28. The summed E-state index contributed by atoms with van der Waals surface area (Å²) >= 11 is 11.4. The third-order valence-electron chi connectivity index (χ3n) is 2.43. The number of hydrazine groups is 1. The van der Waals surface area contributed by atoms with Gasteiger partial charge in [0.05, 0.1) is 5.75 Å². The number of thiocarbonyl (C=S) groups is 1. The average molecular weight is 379 g/mol. The summed E-state index contributed by atoms with van der Waals surface area (Å²) < 4.78 is 10.2. The number of nitrogens with one attached hydrogen (secondary N) is 3. The van der Waals surface area contributed by atoms with Gasteiger partial charge in [0.25, 0.3) is 0 Å². The first kappa shape index (κ1) is 19.3. The molecule has 1 rings (SSSR count). The molecule has 10 heteroatoms. The maximum atomic E-state index is 11.7. The Bertz CT molecular complexity index is 560. The predicted molar refractivity (Wildman–Crippen MR) is 99.4 cm³/mol. The fraction of sp³-hybridized carbons (Fsp3) is 0.333. The molecule has 1 aromatic carbocycles. The fourth-order valence-corrected chi connectivity index (χ4v) is 4.09. The molecule has 0 heterocycles. The lowest BCUT2D eigenvalue weighted by molar-refractivity contribution is -0.119. The summed E-state index contributed by atoms with van der Waals surface area (Å²) in [5, 5.41) is 3.25. The van der Waals surface area contributed by atoms with Gasteiger partial charge in [-0.15, -0.1) is 0 Å². The maximum Gasteiger partial charge on any atom is 0.248 e. The van der Waals surface area contributed by atoms with E-state index in [1.807, 2.05) is 31.2 Å². The minimum Gasteiger partial charge on any atom is -0.331 e. The molecule has 0 aromatic heterocycles. The first-order valence-electron chi connectivity index (χ1n) is 6.17. The molecule has 0 aliphatic carbocycles. The highest BCUT2D eigenvalue weighted by Crippen LogP contribution is 2.59. The summed E-state index contributed by atoms with van der Waals surface area (Å²) in [7, 11) is 2.93. The van der Waals surface area contributed by atoms with Gasteiger partial charge >= 0.3 is 0 Å². The van der Waals surface area contributed by atoms with E-state index in [1.165, 1.54) is 14.2 Å². The number of benzene rings is 1. The molecule has 0 aliphatic heterocycles. The van der Waals surface area contributed by atoms with Gasteiger partial charge < -0.3 is 14.4 Å². The van der Waals surface area contributed by atoms with Gasteiger partial charge in [-0.3, -0.25) is 15.6 Å². The topological polar surface area (TPSA) is 71.6 Å². The zero-order chi connectivity index (χ0) is 16.6. The summed E-state index contributed by atoms with van der Waals surface area (Å²) in [6, 6.07) is 7.72. The molecule has 0 aliphatic rings. The van der Waals surface area contributed by atoms with E-state index in [0.717, 1.165) is 22.6 Å². The van der Waals surface area contributed by atoms with Crippen LogP contribution in [0.2, 0.25) is 0 Å². The van der Waals surface area contributed by atoms with Gasteiger partial charge in [0.15, 0.2) is 5.11 Å². The normalized spacial score (nSPS) is 10.9. The molecule has 0 fully saturated rings. The smallest absolute Gasteiger partial charge is 0.248 e. The van der Waals surface area contributed by atoms with Crippen LogP contribution in [0.5, 0.6) is 0 Å². The lowest BCUT2D eigenvalue weighted by Gasteiger charge is -2.16. The Morgan fingerprint density at radius 3 is 2.36 bits per heavy atom. The van der Waals surface area contributed by atoms with Gasteiger partial charge in [-0.1, -0.05) is 29.1 Å². The summed E-state index contributed by atoms with van der Waals surface area (Å²) in [5.74, 6) is -0.166. The molecule has 0 bridgehead atoms. The highest BCUT2D eigenvalue weighted by molar-refractivity contribution is 8.68. The monoisotopic (exact) mass is 379 g/mol. The zero-order valence-electron chi connectivity index (χ0n) is 12.4. The van der Waals surface area contributed by atoms with Crippen molar-refractivity contribution >= 4 is 57.8 Å². The number of rotatable bonds is 6. The lowest BCUT2D eigenvalue weighted by atomic mass is 10.2. The van der Waals surface area contributed by atoms with Crippen LogP contribution in [-0.4, -0.2) is 31.0 Å². The quantitative estimate of drug-likeness (QED) is 0.396. The van der Waals surface area contributed by atoms with Crippen LogP contribution in [0.4, 0.5) is 5.69 Å². The Hall–Kier alpha value is -0.700. The van der Waals surface area contributed by atoms with Gasteiger partial charge in [-0.2, -0.15) is 0 Å². The van der Waals surface area contributed by atoms with Crippen LogP contribution < -0.4 is 16.2 Å². The standard InChI is InChI=1S/C12H18N3O3PS3/c1-9-4-6-10(7-5-9)13-12(20)15-14-11(16)8-22-19(21,17-2)18-3/h4-7H,8H2,1-3H3,(H,14,16)(H2,13,15,20). The highest BCUT2D eigenvalue weighted by atomic mass is 32.9. The van der Waals surface area contributed by atoms with E-state index in [2.05, 4.69) is 16.2 Å². The van der Waals surface area contributed by atoms with Gasteiger partial charge in [0.2, 0.25) is 11.6 Å². The van der Waals surface area contributed by atoms with Gasteiger partial charge in [0, 0.05) is 19.9 Å². The number of aryl methyl sites for hydroxylation is 1. The predicted octanol–water partition coefficient (Wildman–Crippen LogP) is 2.56. The molecule has 0 spiro atoms. The first-order chi connectivity index (χ1) is 10.4. The second-order valence-electron chi connectivity index (χ2n) is 4.08. The number of amides is 1. The van der Waals surface area contributed by atoms with Crippen molar-refractivity contribution in [3.8, 4) is 0 Å². The molecule has 1 aromatic rings. The molecular formula is C12H18N3O3PS3. The van der Waals surface area contributed by atoms with Crippen LogP contribution >= 0.6 is 29.3 Å². The third-order valence-corrected chi connectivity index (χ3v) is 8.31. The Balaban J connectivity index is 2.33. The third kappa shape index (κ3) is 7.04. The molecule has 22 heavy (non-hydrogen) atoms. The van der Waals surface area contributed by atoms with Crippen molar-refractivity contribution in [3.05, 3.63) is 29.8 Å². The van der Waals surface area contributed by atoms with Crippen molar-refractivity contribution < 1.29 is 13.8 Å². The van der Waals surface area contributed by atoms with Crippen molar-refractivity contribution in [1.29, 1.82) is 0 Å². The van der Waals surface area contributed by atoms with Crippen molar-refractivity contribution in [3.63, 3.8) is 0 Å². The van der Waals surface area contributed by atoms with E-state index in [9.17, 15) is 4.79 Å². The zero-order valence-corrected chi connectivity index (χ0v) is 15.8. The highest BCUT2D eigenvalue weighted by Gasteiger charge is 2.18. The Morgan fingerprint density at radius 2 is 1.82 bits per heavy atom. The molecule has 0 unspecified atom stereocenters. The van der Waals surface area contributed by atoms with E-state index >= 15 is 0 Å². The Labute approximate surface area is 144 Å². The second-order valence-corrected chi connectivity index (χ2v) is 11.0. The van der Waals surface area contributed by atoms with Crippen molar-refractivity contribution in [2.45, 2.75) is 6.92 Å². The lowest BCUT2D eigenvalue weighted by Crippen LogP contribution is -2.44. The molecule has 3 N–H and O–H groups in total. The van der Waals surface area contributed by atoms with E-state index in [1.54, 1.807) is 0 Å². The average Bonchev–Trinajstić information content (AvgIpc) is 2.53. The van der Waals surface area contributed by atoms with Crippen LogP contribution in [0.3, 0.4) is 0 Å². The van der Waals surface area contributed by atoms with Crippen LogP contribution in [0, 0.1) is 6.92 Å². The number of hydrogen-bond acceptors (Lipinski definition) is 6. The van der Waals surface area contributed by atoms with Gasteiger partial charge in [-0.25, -0.2) is 0 Å². The van der Waals surface area contributed by atoms with E-state index in [0.29, 0.717) is 5.11 Å². The number of carbonyl (C=O) groups is 1. The maximum absolute atomic E-state index is 11.7. The molecule has 122 valence electrons. The van der Waals surface area contributed by atoms with Crippen molar-refractivity contribution in [1.82, 2.24) is 10.9 Å². The number of hydrogen-bond donors (Lipinski definition) is 3. The summed E-state index contributed by atoms with van der Waals surface area (Å²) in [4.78, 5) is 11.7. The minimum absolute atomic E-state index is 0.110. The molecule has 0 saturated heterocycles. The molecule has 0 saturated carbocycles. The van der Waals surface area contributed by atoms with Crippen LogP contribution in [0.1, 0.15) is 5.56 Å². The Morgan fingerprint density at radius 1 is 1.23 bits per heavy atom. The minimum atomic E-state index is -2.43. The van der Waals surface area contributed by atoms with Crippen LogP contribution in [0.25, 0.3) is 0 Å². The molecule has 1 amide bonds. The van der Waals surface area contributed by atoms with Crippen LogP contribution in [-0.2, 0) is 25.6 Å². The van der Waals surface area contributed by atoms with Crippen molar-refractivity contribution in [2.75, 3.05) is 25.3 Å². The van der Waals surface area contributed by atoms with Crippen LogP contribution in [0.15, 0.2) is 24.3 Å². The van der Waals surface area contributed by atoms with Gasteiger partial charge in [-0.05, 0) is 43.1 Å². The SMILES string of the molecule is COP(=S)(OC)SCC(=O)NNC(=S)Nc1ccc(C)cc1. The summed E-state index contributed by atoms with van der Waals surface area (Å²) in [6.45, 7) is 2.00. The largest absolute Gasteiger partial charge is 0.331 e. The summed E-state index contributed by atoms with van der Waals surface area (Å²) in [5.41, 5.74) is 4.66. The van der Waals surface area contributed by atoms with E-state index < -0.39 is 5.69 Å². The molecular weight excluding hydrogens is 361 g/mol. The second kappa shape index (κ2) is 9.44. The van der Waals surface area contributed by atoms with Gasteiger partial charge in [0.1, 0.15) is 0 Å². The first-order valence-corrected chi connectivity index (χ1v) is 10.8. The number of anilines is 1. The van der Waals surface area contributed by atoms with Crippen molar-refractivity contribution in [2.24, 2.45) is 0 Å². The Kier molecular flexibility index (Phi) is 8.30. The van der Waals surface area contributed by atoms with E-state index in [-0.39, 0.29) is 11.7 Å². The molecule has 0 atom stereocenters. The molecule has 0 radical (unpaired) electrons. The summed E-state index contributed by atoms with van der Waals surface area (Å²) in [6.07, 6.45) is 0. The number of carbonyl (C=O) groups excluding carboxylic acids is 1. The van der Waals surface area contributed by atoms with E-state index in [4.69, 9.17) is 33.1 Å². The molecule has 6 nitrogen and oxygen atoms in total.